The molecule has 1 aromatic carbocycles. The largest absolute Gasteiger partial charge is 0.465 e. The Morgan fingerprint density at radius 1 is 0.964 bits per heavy atom. The minimum absolute atomic E-state index is 0.0275. The van der Waals surface area contributed by atoms with Crippen LogP contribution in [-0.4, -0.2) is 49.4 Å². The molecule has 154 valence electrons. The average molecular weight is 392 g/mol. The van der Waals surface area contributed by atoms with Gasteiger partial charge in [-0.1, -0.05) is 24.3 Å². The molecule has 28 heavy (non-hydrogen) atoms. The van der Waals surface area contributed by atoms with E-state index in [4.69, 9.17) is 18.9 Å². The van der Waals surface area contributed by atoms with Crippen LogP contribution in [0.4, 0.5) is 0 Å². The first-order chi connectivity index (χ1) is 13.2. The third kappa shape index (κ3) is 5.55. The molecule has 1 aliphatic heterocycles. The Bertz CT molecular complexity index is 714. The van der Waals surface area contributed by atoms with Gasteiger partial charge < -0.3 is 18.9 Å². The van der Waals surface area contributed by atoms with Crippen LogP contribution in [0.3, 0.4) is 0 Å². The predicted octanol–water partition coefficient (Wildman–Crippen LogP) is 2.54. The van der Waals surface area contributed by atoms with Gasteiger partial charge in [0.05, 0.1) is 12.7 Å². The van der Waals surface area contributed by atoms with Gasteiger partial charge in [-0.15, -0.1) is 0 Å². The lowest BCUT2D eigenvalue weighted by Crippen LogP contribution is -2.53. The van der Waals surface area contributed by atoms with Crippen LogP contribution in [0.5, 0.6) is 0 Å². The van der Waals surface area contributed by atoms with Gasteiger partial charge in [-0.05, 0) is 25.0 Å². The first-order valence-electron chi connectivity index (χ1n) is 9.35. The highest BCUT2D eigenvalue weighted by molar-refractivity contribution is 5.67. The summed E-state index contributed by atoms with van der Waals surface area (Å²) in [6.45, 7) is 7.96. The van der Waals surface area contributed by atoms with Gasteiger partial charge in [0.2, 0.25) is 0 Å². The van der Waals surface area contributed by atoms with Crippen molar-refractivity contribution in [3.8, 4) is 0 Å². The topological polar surface area (TPSA) is 88.1 Å². The molecule has 0 saturated carbocycles. The summed E-state index contributed by atoms with van der Waals surface area (Å²) in [5, 5.41) is 0. The smallest absolute Gasteiger partial charge is 0.303 e. The van der Waals surface area contributed by atoms with Crippen molar-refractivity contribution in [3.05, 3.63) is 35.4 Å². The second kappa shape index (κ2) is 9.68. The Hall–Kier alpha value is -2.41. The van der Waals surface area contributed by atoms with E-state index in [2.05, 4.69) is 0 Å². The zero-order valence-electron chi connectivity index (χ0n) is 17.0. The molecule has 1 aromatic rings. The van der Waals surface area contributed by atoms with Crippen molar-refractivity contribution in [2.24, 2.45) is 5.92 Å². The van der Waals surface area contributed by atoms with Crippen LogP contribution >= 0.6 is 0 Å². The molecule has 5 atom stereocenters. The first-order valence-corrected chi connectivity index (χ1v) is 9.35. The molecule has 1 saturated heterocycles. The lowest BCUT2D eigenvalue weighted by molar-refractivity contribution is -0.201. The van der Waals surface area contributed by atoms with E-state index in [1.54, 1.807) is 0 Å². The number of aryl methyl sites for hydroxylation is 1. The number of benzene rings is 1. The van der Waals surface area contributed by atoms with Gasteiger partial charge in [-0.25, -0.2) is 0 Å². The van der Waals surface area contributed by atoms with Crippen molar-refractivity contribution in [2.45, 2.75) is 58.8 Å². The third-order valence-electron chi connectivity index (χ3n) is 4.95. The standard InChI is InChI=1S/C21H28O7/c1-12-8-6-7-9-17(12)20-18(10-25-14(3)22)13(2)27-19(11-26-15(4)23)21(20)28-16(5)24/h6-9,13,18-21H,10-11H2,1-5H3/t13-,18-,19+,20+,21+/m0/s1. The Morgan fingerprint density at radius 2 is 1.57 bits per heavy atom. The molecule has 0 amide bonds. The molecular formula is C21H28O7. The first kappa shape index (κ1) is 21.9. The molecule has 0 N–H and O–H groups in total. The highest BCUT2D eigenvalue weighted by Gasteiger charge is 2.48. The summed E-state index contributed by atoms with van der Waals surface area (Å²) in [6, 6.07) is 7.79. The predicted molar refractivity (Wildman–Crippen MR) is 101 cm³/mol. The number of carbonyl (C=O) groups is 3. The van der Waals surface area contributed by atoms with E-state index in [1.807, 2.05) is 38.1 Å². The van der Waals surface area contributed by atoms with Crippen molar-refractivity contribution in [1.29, 1.82) is 0 Å². The van der Waals surface area contributed by atoms with Gasteiger partial charge in [0.1, 0.15) is 18.8 Å². The van der Waals surface area contributed by atoms with Gasteiger partial charge in [-0.2, -0.15) is 0 Å². The molecule has 0 aromatic heterocycles. The molecule has 0 bridgehead atoms. The second-order valence-corrected chi connectivity index (χ2v) is 7.11. The van der Waals surface area contributed by atoms with Crippen LogP contribution < -0.4 is 0 Å². The highest BCUT2D eigenvalue weighted by atomic mass is 16.6. The van der Waals surface area contributed by atoms with Crippen LogP contribution in [0.15, 0.2) is 24.3 Å². The van der Waals surface area contributed by atoms with Crippen LogP contribution in [0.25, 0.3) is 0 Å². The number of rotatable bonds is 6. The van der Waals surface area contributed by atoms with E-state index in [1.165, 1.54) is 20.8 Å². The summed E-state index contributed by atoms with van der Waals surface area (Å²) in [6.07, 6.45) is -1.62. The van der Waals surface area contributed by atoms with E-state index in [9.17, 15) is 14.4 Å². The highest BCUT2D eigenvalue weighted by Crippen LogP contribution is 2.41. The van der Waals surface area contributed by atoms with E-state index >= 15 is 0 Å². The summed E-state index contributed by atoms with van der Waals surface area (Å²) in [5.74, 6) is -1.80. The summed E-state index contributed by atoms with van der Waals surface area (Å²) in [4.78, 5) is 34.5. The molecule has 0 spiro atoms. The van der Waals surface area contributed by atoms with E-state index in [0.29, 0.717) is 0 Å². The van der Waals surface area contributed by atoms with Crippen molar-refractivity contribution >= 4 is 17.9 Å². The molecule has 1 heterocycles. The van der Waals surface area contributed by atoms with Crippen LogP contribution in [0.2, 0.25) is 0 Å². The van der Waals surface area contributed by atoms with Crippen molar-refractivity contribution < 1.29 is 33.3 Å². The zero-order chi connectivity index (χ0) is 20.8. The summed E-state index contributed by atoms with van der Waals surface area (Å²) < 4.78 is 22.1. The van der Waals surface area contributed by atoms with Gasteiger partial charge >= 0.3 is 17.9 Å². The molecule has 1 aliphatic rings. The maximum atomic E-state index is 11.8. The molecule has 7 heteroatoms. The quantitative estimate of drug-likeness (QED) is 0.543. The Balaban J connectivity index is 2.46. The van der Waals surface area contributed by atoms with Gasteiger partial charge in [-0.3, -0.25) is 14.4 Å². The van der Waals surface area contributed by atoms with Crippen molar-refractivity contribution in [2.75, 3.05) is 13.2 Å². The van der Waals surface area contributed by atoms with Gasteiger partial charge in [0, 0.05) is 32.6 Å². The average Bonchev–Trinajstić information content (AvgIpc) is 2.60. The SMILES string of the molecule is CC(=O)OC[C@@H]1[C@@H](c2ccccc2C)[C@H](OC(C)=O)[C@@H](COC(C)=O)O[C@H]1C. The lowest BCUT2D eigenvalue weighted by Gasteiger charge is -2.45. The normalized spacial score (nSPS) is 27.0. The maximum absolute atomic E-state index is 11.8. The third-order valence-corrected chi connectivity index (χ3v) is 4.95. The van der Waals surface area contributed by atoms with Crippen molar-refractivity contribution in [3.63, 3.8) is 0 Å². The summed E-state index contributed by atoms with van der Waals surface area (Å²) in [5.41, 5.74) is 2.01. The van der Waals surface area contributed by atoms with Crippen molar-refractivity contribution in [1.82, 2.24) is 0 Å². The number of esters is 3. The fourth-order valence-electron chi connectivity index (χ4n) is 3.72. The van der Waals surface area contributed by atoms with Crippen LogP contribution in [0, 0.1) is 12.8 Å². The Morgan fingerprint density at radius 3 is 2.14 bits per heavy atom. The number of hydrogen-bond donors (Lipinski definition) is 0. The van der Waals surface area contributed by atoms with Gasteiger partial charge in [0.25, 0.3) is 0 Å². The van der Waals surface area contributed by atoms with E-state index < -0.39 is 24.1 Å². The number of hydrogen-bond acceptors (Lipinski definition) is 7. The minimum Gasteiger partial charge on any atom is -0.465 e. The monoisotopic (exact) mass is 392 g/mol. The molecule has 7 nitrogen and oxygen atoms in total. The van der Waals surface area contributed by atoms with Gasteiger partial charge in [0.15, 0.2) is 0 Å². The summed E-state index contributed by atoms with van der Waals surface area (Å²) in [7, 11) is 0. The molecule has 0 unspecified atom stereocenters. The molecular weight excluding hydrogens is 364 g/mol. The lowest BCUT2D eigenvalue weighted by atomic mass is 9.74. The van der Waals surface area contributed by atoms with Crippen LogP contribution in [-0.2, 0) is 33.3 Å². The summed E-state index contributed by atoms with van der Waals surface area (Å²) >= 11 is 0. The van der Waals surface area contributed by atoms with E-state index in [0.717, 1.165) is 11.1 Å². The van der Waals surface area contributed by atoms with E-state index in [-0.39, 0.29) is 37.1 Å². The molecule has 0 radical (unpaired) electrons. The zero-order valence-corrected chi connectivity index (χ0v) is 17.0. The fourth-order valence-corrected chi connectivity index (χ4v) is 3.72. The maximum Gasteiger partial charge on any atom is 0.303 e. The molecule has 1 fully saturated rings. The Kier molecular flexibility index (Phi) is 7.57. The number of carbonyl (C=O) groups excluding carboxylic acids is 3. The fraction of sp³-hybridized carbons (Fsp3) is 0.571. The Labute approximate surface area is 165 Å². The second-order valence-electron chi connectivity index (χ2n) is 7.11. The molecule has 0 aliphatic carbocycles. The number of ether oxygens (including phenoxy) is 4. The minimum atomic E-state index is -0.685. The molecule has 2 rings (SSSR count). The van der Waals surface area contributed by atoms with Crippen LogP contribution in [0.1, 0.15) is 44.7 Å².